The van der Waals surface area contributed by atoms with Crippen molar-refractivity contribution in [3.05, 3.63) is 54.1 Å². The Morgan fingerprint density at radius 3 is 2.62 bits per heavy atom. The Morgan fingerprint density at radius 1 is 1.21 bits per heavy atom. The summed E-state index contributed by atoms with van der Waals surface area (Å²) in [5.41, 5.74) is 13.3. The van der Waals surface area contributed by atoms with E-state index in [-0.39, 0.29) is 23.1 Å². The van der Waals surface area contributed by atoms with Crippen LogP contribution in [0.25, 0.3) is 22.4 Å². The fraction of sp³-hybridized carbons (Fsp3) is 0.0556. The second-order valence-corrected chi connectivity index (χ2v) is 6.15. The van der Waals surface area contributed by atoms with Crippen LogP contribution in [0.5, 0.6) is 0 Å². The average Bonchev–Trinajstić information content (AvgIpc) is 3.03. The SMILES string of the molecule is Nc1nc(-c2nn(Cc3cccnc3)c3cc(F)ccc23)nc(N)c1NC(=O)O. The molecule has 11 heteroatoms. The number of halogens is 1. The first-order chi connectivity index (χ1) is 13.9. The first-order valence-electron chi connectivity index (χ1n) is 8.40. The van der Waals surface area contributed by atoms with Gasteiger partial charge in [0.2, 0.25) is 0 Å². The summed E-state index contributed by atoms with van der Waals surface area (Å²) in [6.45, 7) is 0.345. The van der Waals surface area contributed by atoms with Crippen LogP contribution in [0, 0.1) is 5.82 Å². The number of carbonyl (C=O) groups is 1. The molecule has 4 aromatic rings. The van der Waals surface area contributed by atoms with E-state index in [4.69, 9.17) is 16.6 Å². The Balaban J connectivity index is 1.85. The molecule has 0 unspecified atom stereocenters. The summed E-state index contributed by atoms with van der Waals surface area (Å²) in [5, 5.41) is 16.0. The van der Waals surface area contributed by atoms with Gasteiger partial charge in [-0.25, -0.2) is 19.2 Å². The lowest BCUT2D eigenvalue weighted by atomic mass is 10.2. The van der Waals surface area contributed by atoms with Crippen LogP contribution in [-0.2, 0) is 6.54 Å². The van der Waals surface area contributed by atoms with Crippen LogP contribution in [0.3, 0.4) is 0 Å². The van der Waals surface area contributed by atoms with E-state index in [0.717, 1.165) is 5.56 Å². The number of amides is 1. The standard InChI is InChI=1S/C18H15FN8O2/c19-10-3-4-11-12(6-10)27(8-9-2-1-5-22-7-9)26-13(11)17-24-15(20)14(16(21)25-17)23-18(28)29/h1-7,23H,8H2,(H,28,29)(H4,20,21,24,25). The Labute approximate surface area is 163 Å². The van der Waals surface area contributed by atoms with Crippen LogP contribution in [0.15, 0.2) is 42.7 Å². The van der Waals surface area contributed by atoms with Crippen molar-refractivity contribution in [2.45, 2.75) is 6.54 Å². The average molecular weight is 394 g/mol. The van der Waals surface area contributed by atoms with Gasteiger partial charge in [-0.2, -0.15) is 5.10 Å². The van der Waals surface area contributed by atoms with Gasteiger partial charge in [-0.05, 0) is 29.8 Å². The minimum absolute atomic E-state index is 0.0949. The van der Waals surface area contributed by atoms with E-state index in [1.165, 1.54) is 12.1 Å². The molecule has 6 N–H and O–H groups in total. The Morgan fingerprint density at radius 2 is 1.97 bits per heavy atom. The maximum atomic E-state index is 13.9. The first-order valence-corrected chi connectivity index (χ1v) is 8.40. The molecular weight excluding hydrogens is 379 g/mol. The fourth-order valence-corrected chi connectivity index (χ4v) is 2.93. The molecule has 1 amide bonds. The predicted octanol–water partition coefficient (Wildman–Crippen LogP) is 2.33. The molecule has 29 heavy (non-hydrogen) atoms. The zero-order chi connectivity index (χ0) is 20.5. The Bertz CT molecular complexity index is 1200. The van der Waals surface area contributed by atoms with Gasteiger partial charge in [0.25, 0.3) is 0 Å². The minimum atomic E-state index is -1.35. The molecular formula is C18H15FN8O2. The summed E-state index contributed by atoms with van der Waals surface area (Å²) in [4.78, 5) is 23.2. The van der Waals surface area contributed by atoms with Crippen molar-refractivity contribution in [1.29, 1.82) is 0 Å². The smallest absolute Gasteiger partial charge is 0.409 e. The van der Waals surface area contributed by atoms with Gasteiger partial charge in [0.05, 0.1) is 12.1 Å². The van der Waals surface area contributed by atoms with Gasteiger partial charge in [-0.1, -0.05) is 6.07 Å². The van der Waals surface area contributed by atoms with E-state index >= 15 is 0 Å². The third-order valence-electron chi connectivity index (χ3n) is 4.18. The molecule has 1 aromatic carbocycles. The molecule has 0 saturated heterocycles. The van der Waals surface area contributed by atoms with Gasteiger partial charge in [-0.15, -0.1) is 0 Å². The molecule has 0 saturated carbocycles. The molecule has 10 nitrogen and oxygen atoms in total. The largest absolute Gasteiger partial charge is 0.465 e. The van der Waals surface area contributed by atoms with E-state index in [1.54, 1.807) is 29.2 Å². The van der Waals surface area contributed by atoms with E-state index < -0.39 is 11.9 Å². The molecule has 3 heterocycles. The normalized spacial score (nSPS) is 10.9. The molecule has 0 aliphatic heterocycles. The lowest BCUT2D eigenvalue weighted by Gasteiger charge is -2.08. The van der Waals surface area contributed by atoms with Gasteiger partial charge in [-0.3, -0.25) is 15.0 Å². The number of pyridine rings is 1. The first kappa shape index (κ1) is 18.1. The summed E-state index contributed by atoms with van der Waals surface area (Å²) < 4.78 is 15.5. The molecule has 0 aliphatic carbocycles. The van der Waals surface area contributed by atoms with Gasteiger partial charge < -0.3 is 16.6 Å². The molecule has 0 radical (unpaired) electrons. The molecule has 3 aromatic heterocycles. The summed E-state index contributed by atoms with van der Waals surface area (Å²) in [6, 6.07) is 7.88. The van der Waals surface area contributed by atoms with Crippen LogP contribution < -0.4 is 16.8 Å². The summed E-state index contributed by atoms with van der Waals surface area (Å²) in [7, 11) is 0. The van der Waals surface area contributed by atoms with Crippen molar-refractivity contribution in [3.63, 3.8) is 0 Å². The number of fused-ring (bicyclic) bond motifs is 1. The molecule has 146 valence electrons. The van der Waals surface area contributed by atoms with Gasteiger partial charge in [0.15, 0.2) is 17.5 Å². The molecule has 0 spiro atoms. The Kier molecular flexibility index (Phi) is 4.39. The summed E-state index contributed by atoms with van der Waals surface area (Å²) in [6.07, 6.45) is 1.99. The highest BCUT2D eigenvalue weighted by atomic mass is 19.1. The van der Waals surface area contributed by atoms with E-state index in [2.05, 4.69) is 25.4 Å². The van der Waals surface area contributed by atoms with E-state index in [0.29, 0.717) is 23.1 Å². The lowest BCUT2D eigenvalue weighted by molar-refractivity contribution is 0.209. The number of nitrogens with two attached hydrogens (primary N) is 2. The van der Waals surface area contributed by atoms with Crippen LogP contribution in [0.1, 0.15) is 5.56 Å². The number of hydrogen-bond donors (Lipinski definition) is 4. The Hall–Kier alpha value is -4.28. The number of nitrogen functional groups attached to an aromatic ring is 2. The monoisotopic (exact) mass is 394 g/mol. The number of benzene rings is 1. The quantitative estimate of drug-likeness (QED) is 0.410. The highest BCUT2D eigenvalue weighted by Gasteiger charge is 2.19. The van der Waals surface area contributed by atoms with Crippen LogP contribution in [-0.4, -0.2) is 35.9 Å². The maximum Gasteiger partial charge on any atom is 0.409 e. The molecule has 4 rings (SSSR count). The van der Waals surface area contributed by atoms with Crippen molar-refractivity contribution in [2.75, 3.05) is 16.8 Å². The number of nitrogens with zero attached hydrogens (tertiary/aromatic N) is 5. The van der Waals surface area contributed by atoms with Crippen molar-refractivity contribution in [3.8, 4) is 11.5 Å². The number of rotatable bonds is 4. The van der Waals surface area contributed by atoms with Crippen molar-refractivity contribution >= 4 is 34.3 Å². The second kappa shape index (κ2) is 7.03. The van der Waals surface area contributed by atoms with Crippen molar-refractivity contribution < 1.29 is 14.3 Å². The van der Waals surface area contributed by atoms with E-state index in [1.807, 2.05) is 6.07 Å². The number of nitrogens with one attached hydrogen (secondary N) is 1. The number of hydrogen-bond acceptors (Lipinski definition) is 7. The third-order valence-corrected chi connectivity index (χ3v) is 4.18. The van der Waals surface area contributed by atoms with Gasteiger partial charge >= 0.3 is 6.09 Å². The predicted molar refractivity (Wildman–Crippen MR) is 105 cm³/mol. The minimum Gasteiger partial charge on any atom is -0.465 e. The third kappa shape index (κ3) is 3.48. The molecule has 0 bridgehead atoms. The van der Waals surface area contributed by atoms with Crippen LogP contribution in [0.4, 0.5) is 26.5 Å². The second-order valence-electron chi connectivity index (χ2n) is 6.15. The summed E-state index contributed by atoms with van der Waals surface area (Å²) >= 11 is 0. The van der Waals surface area contributed by atoms with Gasteiger partial charge in [0.1, 0.15) is 17.2 Å². The number of aromatic nitrogens is 5. The van der Waals surface area contributed by atoms with Crippen molar-refractivity contribution in [2.24, 2.45) is 0 Å². The maximum absolute atomic E-state index is 13.9. The van der Waals surface area contributed by atoms with Crippen LogP contribution in [0.2, 0.25) is 0 Å². The zero-order valence-corrected chi connectivity index (χ0v) is 14.9. The molecule has 0 atom stereocenters. The lowest BCUT2D eigenvalue weighted by Crippen LogP contribution is -2.14. The molecule has 0 aliphatic rings. The topological polar surface area (TPSA) is 158 Å². The summed E-state index contributed by atoms with van der Waals surface area (Å²) in [5.74, 6) is -0.617. The number of carboxylic acid groups (broad SMARTS) is 1. The van der Waals surface area contributed by atoms with Crippen LogP contribution >= 0.6 is 0 Å². The number of anilines is 3. The highest BCUT2D eigenvalue weighted by molar-refractivity contribution is 5.95. The van der Waals surface area contributed by atoms with E-state index in [9.17, 15) is 9.18 Å². The van der Waals surface area contributed by atoms with Gasteiger partial charge in [0, 0.05) is 17.8 Å². The van der Waals surface area contributed by atoms with Crippen molar-refractivity contribution in [1.82, 2.24) is 24.7 Å². The fourth-order valence-electron chi connectivity index (χ4n) is 2.93. The molecule has 0 fully saturated rings. The zero-order valence-electron chi connectivity index (χ0n) is 14.9. The highest BCUT2D eigenvalue weighted by Crippen LogP contribution is 2.31.